The van der Waals surface area contributed by atoms with Crippen LogP contribution in [0.15, 0.2) is 9.59 Å². The van der Waals surface area contributed by atoms with Crippen molar-refractivity contribution in [2.75, 3.05) is 0 Å². The Labute approximate surface area is 105 Å². The summed E-state index contributed by atoms with van der Waals surface area (Å²) in [6.07, 6.45) is -1.64. The SMILES string of the molecule is O=c1[nH]c(C(F)(F)F)c(F)c(=O)n1C1CCCCC1. The lowest BCUT2D eigenvalue weighted by Crippen LogP contribution is -2.42. The Hall–Kier alpha value is -1.60. The molecule has 0 aromatic carbocycles. The molecule has 1 aliphatic carbocycles. The van der Waals surface area contributed by atoms with E-state index in [2.05, 4.69) is 0 Å². The third kappa shape index (κ3) is 2.57. The maximum atomic E-state index is 13.5. The van der Waals surface area contributed by atoms with Crippen LogP contribution in [0.4, 0.5) is 17.6 Å². The van der Waals surface area contributed by atoms with E-state index in [0.717, 1.165) is 19.3 Å². The van der Waals surface area contributed by atoms with Crippen LogP contribution in [0.1, 0.15) is 43.8 Å². The fourth-order valence-corrected chi connectivity index (χ4v) is 2.39. The zero-order chi connectivity index (χ0) is 14.2. The van der Waals surface area contributed by atoms with Crippen molar-refractivity contribution in [1.29, 1.82) is 0 Å². The van der Waals surface area contributed by atoms with Gasteiger partial charge in [-0.15, -0.1) is 0 Å². The minimum Gasteiger partial charge on any atom is -0.300 e. The Balaban J connectivity index is 2.56. The summed E-state index contributed by atoms with van der Waals surface area (Å²) in [6.45, 7) is 0. The number of hydrogen-bond acceptors (Lipinski definition) is 2. The van der Waals surface area contributed by atoms with Crippen LogP contribution in [0.25, 0.3) is 0 Å². The van der Waals surface area contributed by atoms with E-state index >= 15 is 0 Å². The van der Waals surface area contributed by atoms with Crippen LogP contribution in [0, 0.1) is 5.82 Å². The minimum absolute atomic E-state index is 0.494. The highest BCUT2D eigenvalue weighted by molar-refractivity contribution is 5.08. The first-order valence-corrected chi connectivity index (χ1v) is 5.94. The molecule has 19 heavy (non-hydrogen) atoms. The molecule has 0 spiro atoms. The van der Waals surface area contributed by atoms with Crippen LogP contribution in [0.5, 0.6) is 0 Å². The van der Waals surface area contributed by atoms with Crippen LogP contribution < -0.4 is 11.2 Å². The van der Waals surface area contributed by atoms with Crippen molar-refractivity contribution < 1.29 is 17.6 Å². The number of nitrogens with one attached hydrogen (secondary N) is 1. The van der Waals surface area contributed by atoms with Crippen LogP contribution in [-0.4, -0.2) is 9.55 Å². The second-order valence-electron chi connectivity index (χ2n) is 4.58. The lowest BCUT2D eigenvalue weighted by Gasteiger charge is -2.23. The van der Waals surface area contributed by atoms with Crippen LogP contribution in [-0.2, 0) is 6.18 Å². The molecule has 0 amide bonds. The van der Waals surface area contributed by atoms with Gasteiger partial charge in [0, 0.05) is 6.04 Å². The number of aromatic amines is 1. The predicted molar refractivity (Wildman–Crippen MR) is 58.4 cm³/mol. The largest absolute Gasteiger partial charge is 0.434 e. The van der Waals surface area contributed by atoms with Crippen molar-refractivity contribution in [3.05, 3.63) is 32.3 Å². The second kappa shape index (κ2) is 4.82. The standard InChI is InChI=1S/C11H12F4N2O2/c12-7-8(11(13,14)15)16-10(19)17(9(7)18)6-4-2-1-3-5-6/h6H,1-5H2,(H,16,19). The predicted octanol–water partition coefficient (Wildman–Crippen LogP) is 2.20. The van der Waals surface area contributed by atoms with Crippen molar-refractivity contribution in [3.8, 4) is 0 Å². The van der Waals surface area contributed by atoms with Crippen LogP contribution in [0.3, 0.4) is 0 Å². The Morgan fingerprint density at radius 2 is 1.68 bits per heavy atom. The summed E-state index contributed by atoms with van der Waals surface area (Å²) < 4.78 is 51.3. The van der Waals surface area contributed by atoms with Crippen molar-refractivity contribution in [3.63, 3.8) is 0 Å². The quantitative estimate of drug-likeness (QED) is 0.802. The van der Waals surface area contributed by atoms with Crippen LogP contribution in [0.2, 0.25) is 0 Å². The minimum atomic E-state index is -5.09. The first-order valence-electron chi connectivity index (χ1n) is 5.94. The number of aromatic nitrogens is 2. The molecular formula is C11H12F4N2O2. The van der Waals surface area contributed by atoms with Gasteiger partial charge in [-0.3, -0.25) is 9.36 Å². The molecule has 106 valence electrons. The maximum Gasteiger partial charge on any atom is 0.434 e. The molecule has 4 nitrogen and oxygen atoms in total. The highest BCUT2D eigenvalue weighted by Crippen LogP contribution is 2.29. The lowest BCUT2D eigenvalue weighted by molar-refractivity contribution is -0.144. The molecule has 2 rings (SSSR count). The van der Waals surface area contributed by atoms with E-state index in [9.17, 15) is 27.2 Å². The Morgan fingerprint density at radius 1 is 1.11 bits per heavy atom. The van der Waals surface area contributed by atoms with E-state index in [1.54, 1.807) is 0 Å². The molecule has 1 saturated carbocycles. The van der Waals surface area contributed by atoms with Crippen molar-refractivity contribution in [2.24, 2.45) is 0 Å². The number of hydrogen-bond donors (Lipinski definition) is 1. The van der Waals surface area contributed by atoms with Gasteiger partial charge in [0.2, 0.25) is 5.82 Å². The van der Waals surface area contributed by atoms with Gasteiger partial charge < -0.3 is 4.98 Å². The van der Waals surface area contributed by atoms with Gasteiger partial charge in [-0.05, 0) is 12.8 Å². The van der Waals surface area contributed by atoms with Crippen molar-refractivity contribution in [1.82, 2.24) is 9.55 Å². The molecule has 0 saturated heterocycles. The van der Waals surface area contributed by atoms with Crippen molar-refractivity contribution in [2.45, 2.75) is 44.3 Å². The Bertz CT molecular complexity index is 582. The molecular weight excluding hydrogens is 268 g/mol. The molecule has 1 fully saturated rings. The van der Waals surface area contributed by atoms with E-state index in [0.29, 0.717) is 17.4 Å². The normalized spacial score (nSPS) is 17.7. The third-order valence-electron chi connectivity index (χ3n) is 3.30. The molecule has 1 heterocycles. The van der Waals surface area contributed by atoms with Gasteiger partial charge in [-0.25, -0.2) is 4.79 Å². The summed E-state index contributed by atoms with van der Waals surface area (Å²) in [5.41, 5.74) is -4.61. The molecule has 1 N–H and O–H groups in total. The van der Waals surface area contributed by atoms with E-state index < -0.39 is 35.0 Å². The summed E-state index contributed by atoms with van der Waals surface area (Å²) in [6, 6.07) is -0.526. The van der Waals surface area contributed by atoms with E-state index in [-0.39, 0.29) is 0 Å². The number of rotatable bonds is 1. The van der Waals surface area contributed by atoms with Gasteiger partial charge in [0.25, 0.3) is 5.56 Å². The fraction of sp³-hybridized carbons (Fsp3) is 0.636. The van der Waals surface area contributed by atoms with Gasteiger partial charge in [0.15, 0.2) is 5.69 Å². The fourth-order valence-electron chi connectivity index (χ4n) is 2.39. The summed E-state index contributed by atoms with van der Waals surface area (Å²) in [7, 11) is 0. The number of alkyl halides is 3. The second-order valence-corrected chi connectivity index (χ2v) is 4.58. The molecule has 1 aliphatic rings. The summed E-state index contributed by atoms with van der Waals surface area (Å²) in [5.74, 6) is -1.95. The first-order chi connectivity index (χ1) is 8.82. The smallest absolute Gasteiger partial charge is 0.300 e. The molecule has 1 aromatic rings. The molecule has 0 radical (unpaired) electrons. The average molecular weight is 280 g/mol. The highest BCUT2D eigenvalue weighted by atomic mass is 19.4. The van der Waals surface area contributed by atoms with Crippen molar-refractivity contribution >= 4 is 0 Å². The van der Waals surface area contributed by atoms with E-state index in [1.807, 2.05) is 0 Å². The maximum absolute atomic E-state index is 13.5. The molecule has 8 heteroatoms. The summed E-state index contributed by atoms with van der Waals surface area (Å²) in [4.78, 5) is 24.7. The lowest BCUT2D eigenvalue weighted by atomic mass is 9.95. The average Bonchev–Trinajstić information content (AvgIpc) is 2.34. The molecule has 0 unspecified atom stereocenters. The number of nitrogens with zero attached hydrogens (tertiary/aromatic N) is 1. The van der Waals surface area contributed by atoms with Gasteiger partial charge in [0.05, 0.1) is 0 Å². The Morgan fingerprint density at radius 3 is 2.21 bits per heavy atom. The summed E-state index contributed by atoms with van der Waals surface area (Å²) >= 11 is 0. The van der Waals surface area contributed by atoms with Gasteiger partial charge >= 0.3 is 11.9 Å². The zero-order valence-electron chi connectivity index (χ0n) is 9.89. The Kier molecular flexibility index (Phi) is 3.51. The van der Waals surface area contributed by atoms with Crippen LogP contribution >= 0.6 is 0 Å². The van der Waals surface area contributed by atoms with E-state index in [1.165, 1.54) is 4.98 Å². The number of H-pyrrole nitrogens is 1. The number of halogens is 4. The molecule has 1 aromatic heterocycles. The molecule has 0 aliphatic heterocycles. The van der Waals surface area contributed by atoms with Gasteiger partial charge in [-0.1, -0.05) is 19.3 Å². The summed E-state index contributed by atoms with van der Waals surface area (Å²) in [5, 5.41) is 0. The first kappa shape index (κ1) is 13.8. The van der Waals surface area contributed by atoms with E-state index in [4.69, 9.17) is 0 Å². The molecule has 0 atom stereocenters. The van der Waals surface area contributed by atoms with Gasteiger partial charge in [-0.2, -0.15) is 17.6 Å². The highest BCUT2D eigenvalue weighted by Gasteiger charge is 2.38. The van der Waals surface area contributed by atoms with Gasteiger partial charge in [0.1, 0.15) is 0 Å². The molecule has 0 bridgehead atoms. The third-order valence-corrected chi connectivity index (χ3v) is 3.30. The topological polar surface area (TPSA) is 54.9 Å². The zero-order valence-corrected chi connectivity index (χ0v) is 9.89. The monoisotopic (exact) mass is 280 g/mol.